The molecule has 0 saturated heterocycles. The molecule has 0 radical (unpaired) electrons. The van der Waals surface area contributed by atoms with Crippen LogP contribution in [0.25, 0.3) is 5.69 Å². The lowest BCUT2D eigenvalue weighted by Gasteiger charge is -2.12. The van der Waals surface area contributed by atoms with Crippen molar-refractivity contribution in [2.24, 2.45) is 0 Å². The van der Waals surface area contributed by atoms with Crippen LogP contribution < -0.4 is 10.1 Å². The smallest absolute Gasteiger partial charge is 0.354 e. The van der Waals surface area contributed by atoms with Crippen LogP contribution in [0.4, 0.5) is 5.69 Å². The molecular weight excluding hydrogens is 318 g/mol. The van der Waals surface area contributed by atoms with Crippen molar-refractivity contribution in [1.82, 2.24) is 20.2 Å². The maximum atomic E-state index is 11.8. The number of carbonyl (C=O) groups excluding carboxylic acids is 2. The van der Waals surface area contributed by atoms with Crippen LogP contribution in [0.1, 0.15) is 0 Å². The Morgan fingerprint density at radius 2 is 2.00 bits per heavy atom. The van der Waals surface area contributed by atoms with Crippen molar-refractivity contribution in [1.29, 1.82) is 0 Å². The van der Waals surface area contributed by atoms with Crippen LogP contribution in [0.15, 0.2) is 36.3 Å². The molecule has 24 heavy (non-hydrogen) atoms. The maximum absolute atomic E-state index is 11.8. The Bertz CT molecular complexity index is 757. The van der Waals surface area contributed by atoms with E-state index in [9.17, 15) is 9.59 Å². The molecule has 2 rings (SSSR count). The van der Waals surface area contributed by atoms with E-state index in [0.29, 0.717) is 17.1 Å². The minimum absolute atomic E-state index is 0.0819. The first-order valence-electron chi connectivity index (χ1n) is 6.65. The highest BCUT2D eigenvalue weighted by atomic mass is 16.5. The van der Waals surface area contributed by atoms with Gasteiger partial charge in [-0.3, -0.25) is 0 Å². The quantitative estimate of drug-likeness (QED) is 0.588. The topological polar surface area (TPSA) is 117 Å². The normalized spacial score (nSPS) is 10.9. The van der Waals surface area contributed by atoms with E-state index in [1.807, 2.05) is 0 Å². The second-order valence-corrected chi connectivity index (χ2v) is 4.34. The number of carbonyl (C=O) groups is 2. The monoisotopic (exact) mass is 333 g/mol. The molecule has 1 aromatic heterocycles. The van der Waals surface area contributed by atoms with E-state index in [1.165, 1.54) is 32.3 Å². The summed E-state index contributed by atoms with van der Waals surface area (Å²) in [6.45, 7) is 0. The maximum Gasteiger partial charge on any atom is 0.354 e. The molecule has 0 aliphatic rings. The van der Waals surface area contributed by atoms with Crippen molar-refractivity contribution in [2.75, 3.05) is 26.6 Å². The highest BCUT2D eigenvalue weighted by Crippen LogP contribution is 2.26. The van der Waals surface area contributed by atoms with Crippen LogP contribution in [0.2, 0.25) is 0 Å². The summed E-state index contributed by atoms with van der Waals surface area (Å²) in [5.74, 6) is -0.960. The molecule has 0 amide bonds. The van der Waals surface area contributed by atoms with Gasteiger partial charge in [0.05, 0.1) is 27.4 Å². The van der Waals surface area contributed by atoms with Gasteiger partial charge in [0.2, 0.25) is 0 Å². The average molecular weight is 333 g/mol. The first-order chi connectivity index (χ1) is 11.6. The number of anilines is 1. The third-order valence-corrected chi connectivity index (χ3v) is 2.92. The molecule has 10 nitrogen and oxygen atoms in total. The predicted molar refractivity (Wildman–Crippen MR) is 81.4 cm³/mol. The lowest BCUT2D eigenvalue weighted by Crippen LogP contribution is -2.15. The molecule has 0 unspecified atom stereocenters. The van der Waals surface area contributed by atoms with Gasteiger partial charge in [-0.25, -0.2) is 9.59 Å². The molecule has 10 heteroatoms. The number of aromatic nitrogens is 4. The second kappa shape index (κ2) is 7.72. The Hall–Kier alpha value is -3.43. The Balaban J connectivity index is 2.32. The number of hydrogen-bond acceptors (Lipinski definition) is 9. The zero-order valence-corrected chi connectivity index (χ0v) is 13.2. The Labute approximate surface area is 137 Å². The number of rotatable bonds is 6. The molecule has 0 atom stereocenters. The third-order valence-electron chi connectivity index (χ3n) is 2.92. The van der Waals surface area contributed by atoms with Gasteiger partial charge in [0.1, 0.15) is 23.5 Å². The SMILES string of the molecule is COC(=O)/C=C(/Nc1ccc(-n2cnnn2)c(OC)c1)C(=O)OC. The van der Waals surface area contributed by atoms with Crippen molar-refractivity contribution in [2.45, 2.75) is 0 Å². The third kappa shape index (κ3) is 3.85. The second-order valence-electron chi connectivity index (χ2n) is 4.34. The van der Waals surface area contributed by atoms with Crippen molar-refractivity contribution in [3.63, 3.8) is 0 Å². The van der Waals surface area contributed by atoms with Gasteiger partial charge in [0.15, 0.2) is 0 Å². The summed E-state index contributed by atoms with van der Waals surface area (Å²) in [6, 6.07) is 4.96. The molecule has 0 saturated carbocycles. The van der Waals surface area contributed by atoms with Gasteiger partial charge in [-0.1, -0.05) is 0 Å². The summed E-state index contributed by atoms with van der Waals surface area (Å²) in [5.41, 5.74) is 1.01. The number of nitrogens with one attached hydrogen (secondary N) is 1. The van der Waals surface area contributed by atoms with Crippen molar-refractivity contribution in [3.05, 3.63) is 36.3 Å². The van der Waals surface area contributed by atoms with Crippen LogP contribution in [0, 0.1) is 0 Å². The summed E-state index contributed by atoms with van der Waals surface area (Å²) in [7, 11) is 3.90. The molecule has 0 spiro atoms. The van der Waals surface area contributed by atoms with E-state index in [2.05, 4.69) is 30.3 Å². The lowest BCUT2D eigenvalue weighted by molar-refractivity contribution is -0.138. The van der Waals surface area contributed by atoms with Crippen LogP contribution in [-0.2, 0) is 19.1 Å². The Morgan fingerprint density at radius 1 is 1.21 bits per heavy atom. The summed E-state index contributed by atoms with van der Waals surface area (Å²) in [6.07, 6.45) is 2.41. The largest absolute Gasteiger partial charge is 0.494 e. The minimum Gasteiger partial charge on any atom is -0.494 e. The van der Waals surface area contributed by atoms with Gasteiger partial charge >= 0.3 is 11.9 Å². The van der Waals surface area contributed by atoms with E-state index in [-0.39, 0.29) is 5.70 Å². The van der Waals surface area contributed by atoms with Crippen LogP contribution in [0.5, 0.6) is 5.75 Å². The summed E-state index contributed by atoms with van der Waals surface area (Å²) in [5, 5.41) is 13.7. The zero-order chi connectivity index (χ0) is 17.5. The van der Waals surface area contributed by atoms with Crippen LogP contribution in [0.3, 0.4) is 0 Å². The molecule has 1 heterocycles. The fourth-order valence-electron chi connectivity index (χ4n) is 1.80. The Kier molecular flexibility index (Phi) is 5.45. The Morgan fingerprint density at radius 3 is 2.58 bits per heavy atom. The van der Waals surface area contributed by atoms with E-state index < -0.39 is 11.9 Å². The van der Waals surface area contributed by atoms with E-state index in [0.717, 1.165) is 6.08 Å². The molecule has 0 bridgehead atoms. The number of tetrazole rings is 1. The molecule has 2 aromatic rings. The van der Waals surface area contributed by atoms with Crippen molar-refractivity contribution >= 4 is 17.6 Å². The minimum atomic E-state index is -0.719. The molecule has 1 aromatic carbocycles. The van der Waals surface area contributed by atoms with Gasteiger partial charge in [-0.15, -0.1) is 5.10 Å². The van der Waals surface area contributed by atoms with Gasteiger partial charge in [0.25, 0.3) is 0 Å². The van der Waals surface area contributed by atoms with E-state index in [4.69, 9.17) is 4.74 Å². The standard InChI is InChI=1S/C14H15N5O5/c1-22-12-6-9(4-5-11(12)19-8-15-17-18-19)16-10(14(21)24-3)7-13(20)23-2/h4-8,16H,1-3H3/b10-7+. The fourth-order valence-corrected chi connectivity index (χ4v) is 1.80. The summed E-state index contributed by atoms with van der Waals surface area (Å²) < 4.78 is 15.9. The van der Waals surface area contributed by atoms with Gasteiger partial charge in [-0.2, -0.15) is 4.68 Å². The summed E-state index contributed by atoms with van der Waals surface area (Å²) >= 11 is 0. The number of ether oxygens (including phenoxy) is 3. The molecule has 1 N–H and O–H groups in total. The van der Waals surface area contributed by atoms with Gasteiger partial charge < -0.3 is 19.5 Å². The number of benzene rings is 1. The highest BCUT2D eigenvalue weighted by Gasteiger charge is 2.14. The number of methoxy groups -OCH3 is 3. The van der Waals surface area contributed by atoms with E-state index >= 15 is 0 Å². The van der Waals surface area contributed by atoms with Crippen LogP contribution in [-0.4, -0.2) is 53.5 Å². The number of esters is 2. The number of nitrogens with zero attached hydrogens (tertiary/aromatic N) is 4. The lowest BCUT2D eigenvalue weighted by atomic mass is 10.2. The molecule has 0 aliphatic heterocycles. The highest BCUT2D eigenvalue weighted by molar-refractivity contribution is 5.98. The van der Waals surface area contributed by atoms with Gasteiger partial charge in [0, 0.05) is 11.8 Å². The predicted octanol–water partition coefficient (Wildman–Crippen LogP) is 0.313. The summed E-state index contributed by atoms with van der Waals surface area (Å²) in [4.78, 5) is 23.1. The first kappa shape index (κ1) is 16.9. The zero-order valence-electron chi connectivity index (χ0n) is 13.2. The van der Waals surface area contributed by atoms with E-state index in [1.54, 1.807) is 18.2 Å². The number of hydrogen-bond donors (Lipinski definition) is 1. The molecule has 0 aliphatic carbocycles. The van der Waals surface area contributed by atoms with Crippen molar-refractivity contribution < 1.29 is 23.8 Å². The molecule has 0 fully saturated rings. The molecular formula is C14H15N5O5. The first-order valence-corrected chi connectivity index (χ1v) is 6.65. The fraction of sp³-hybridized carbons (Fsp3) is 0.214. The van der Waals surface area contributed by atoms with Crippen LogP contribution >= 0.6 is 0 Å². The average Bonchev–Trinajstić information content (AvgIpc) is 3.14. The molecule has 126 valence electrons. The van der Waals surface area contributed by atoms with Crippen molar-refractivity contribution in [3.8, 4) is 11.4 Å². The van der Waals surface area contributed by atoms with Gasteiger partial charge in [-0.05, 0) is 22.6 Å².